The van der Waals surface area contributed by atoms with Crippen molar-refractivity contribution >= 4 is 11.7 Å². The molecule has 0 radical (unpaired) electrons. The number of nitrogens with one attached hydrogen (secondary N) is 2. The van der Waals surface area contributed by atoms with Crippen LogP contribution >= 0.6 is 0 Å². The van der Waals surface area contributed by atoms with Crippen LogP contribution in [-0.4, -0.2) is 20.8 Å². The molecule has 1 aromatic carbocycles. The van der Waals surface area contributed by atoms with E-state index in [0.29, 0.717) is 6.54 Å². The number of carbonyl (C=O) groups excluding carboxylic acids is 1. The highest BCUT2D eigenvalue weighted by Gasteiger charge is 2.15. The van der Waals surface area contributed by atoms with Crippen LogP contribution in [0.4, 0.5) is 10.5 Å². The second-order valence-corrected chi connectivity index (χ2v) is 5.67. The largest absolute Gasteiger partial charge is 0.331 e. The zero-order valence-corrected chi connectivity index (χ0v) is 12.8. The summed E-state index contributed by atoms with van der Waals surface area (Å²) in [5, 5.41) is 14.1. The predicted octanol–water partition coefficient (Wildman–Crippen LogP) is 2.63. The van der Waals surface area contributed by atoms with Crippen LogP contribution < -0.4 is 10.6 Å². The van der Waals surface area contributed by atoms with E-state index in [2.05, 4.69) is 25.4 Å². The van der Waals surface area contributed by atoms with Gasteiger partial charge in [-0.1, -0.05) is 18.6 Å². The van der Waals surface area contributed by atoms with Crippen molar-refractivity contribution in [1.82, 2.24) is 20.1 Å². The molecule has 6 nitrogen and oxygen atoms in total. The van der Waals surface area contributed by atoms with Gasteiger partial charge in [-0.15, -0.1) is 10.2 Å². The zero-order valence-electron chi connectivity index (χ0n) is 12.8. The van der Waals surface area contributed by atoms with Crippen molar-refractivity contribution in [3.63, 3.8) is 0 Å². The lowest BCUT2D eigenvalue weighted by atomic mass is 10.2. The maximum atomic E-state index is 12.0. The van der Waals surface area contributed by atoms with E-state index in [4.69, 9.17) is 0 Å². The Labute approximate surface area is 129 Å². The number of nitrogens with zero attached hydrogens (tertiary/aromatic N) is 3. The highest BCUT2D eigenvalue weighted by Crippen LogP contribution is 2.14. The highest BCUT2D eigenvalue weighted by atomic mass is 16.2. The van der Waals surface area contributed by atoms with Crippen LogP contribution in [0, 0.1) is 6.92 Å². The molecule has 0 saturated carbocycles. The summed E-state index contributed by atoms with van der Waals surface area (Å²) in [6.45, 7) is 3.33. The molecule has 2 aromatic rings. The minimum atomic E-state index is -0.225. The molecule has 116 valence electrons. The first kappa shape index (κ1) is 14.6. The number of benzene rings is 1. The average Bonchev–Trinajstić information content (AvgIpc) is 2.72. The second kappa shape index (κ2) is 6.60. The number of fused-ring (bicyclic) bond motifs is 1. The Bertz CT molecular complexity index is 664. The third kappa shape index (κ3) is 3.44. The highest BCUT2D eigenvalue weighted by molar-refractivity contribution is 5.89. The monoisotopic (exact) mass is 299 g/mol. The van der Waals surface area contributed by atoms with Crippen molar-refractivity contribution in [3.8, 4) is 0 Å². The molecular weight excluding hydrogens is 278 g/mol. The summed E-state index contributed by atoms with van der Waals surface area (Å²) >= 11 is 0. The molecule has 0 atom stereocenters. The van der Waals surface area contributed by atoms with Crippen molar-refractivity contribution < 1.29 is 4.79 Å². The maximum Gasteiger partial charge on any atom is 0.319 e. The van der Waals surface area contributed by atoms with Crippen LogP contribution in [0.1, 0.15) is 36.5 Å². The summed E-state index contributed by atoms with van der Waals surface area (Å²) in [7, 11) is 0. The summed E-state index contributed by atoms with van der Waals surface area (Å²) in [6, 6.07) is 7.49. The van der Waals surface area contributed by atoms with Crippen molar-refractivity contribution in [3.05, 3.63) is 41.5 Å². The molecule has 0 fully saturated rings. The number of hydrogen-bond acceptors (Lipinski definition) is 3. The maximum absolute atomic E-state index is 12.0. The number of carbonyl (C=O) groups is 1. The molecule has 2 amide bonds. The topological polar surface area (TPSA) is 71.8 Å². The Morgan fingerprint density at radius 1 is 1.27 bits per heavy atom. The van der Waals surface area contributed by atoms with E-state index in [0.717, 1.165) is 42.3 Å². The summed E-state index contributed by atoms with van der Waals surface area (Å²) in [4.78, 5) is 12.0. The smallest absolute Gasteiger partial charge is 0.319 e. The lowest BCUT2D eigenvalue weighted by Gasteiger charge is -2.09. The SMILES string of the molecule is Cc1cccc(NC(=O)NCc2nnc3n2CCCCC3)c1. The first-order valence-corrected chi connectivity index (χ1v) is 7.75. The normalized spacial score (nSPS) is 14.0. The van der Waals surface area contributed by atoms with Crippen molar-refractivity contribution in [2.45, 2.75) is 45.7 Å². The van der Waals surface area contributed by atoms with Gasteiger partial charge in [0.1, 0.15) is 5.82 Å². The number of urea groups is 1. The van der Waals surface area contributed by atoms with Gasteiger partial charge in [0.2, 0.25) is 0 Å². The molecule has 2 N–H and O–H groups in total. The first-order chi connectivity index (χ1) is 10.7. The van der Waals surface area contributed by atoms with Gasteiger partial charge >= 0.3 is 6.03 Å². The number of aromatic nitrogens is 3. The fourth-order valence-corrected chi connectivity index (χ4v) is 2.73. The molecule has 3 rings (SSSR count). The van der Waals surface area contributed by atoms with Gasteiger partial charge in [0.05, 0.1) is 6.54 Å². The third-order valence-corrected chi connectivity index (χ3v) is 3.87. The summed E-state index contributed by atoms with van der Waals surface area (Å²) in [5.41, 5.74) is 1.90. The van der Waals surface area contributed by atoms with Crippen molar-refractivity contribution in [1.29, 1.82) is 0 Å². The molecule has 22 heavy (non-hydrogen) atoms. The third-order valence-electron chi connectivity index (χ3n) is 3.87. The van der Waals surface area contributed by atoms with E-state index in [1.165, 1.54) is 12.8 Å². The molecule has 6 heteroatoms. The van der Waals surface area contributed by atoms with E-state index < -0.39 is 0 Å². The quantitative estimate of drug-likeness (QED) is 0.915. The lowest BCUT2D eigenvalue weighted by molar-refractivity contribution is 0.251. The molecule has 0 spiro atoms. The Morgan fingerprint density at radius 2 is 2.18 bits per heavy atom. The summed E-state index contributed by atoms with van der Waals surface area (Å²) < 4.78 is 2.14. The first-order valence-electron chi connectivity index (χ1n) is 7.75. The van der Waals surface area contributed by atoms with Gasteiger partial charge in [0.15, 0.2) is 5.82 Å². The Kier molecular flexibility index (Phi) is 4.37. The minimum absolute atomic E-state index is 0.225. The van der Waals surface area contributed by atoms with Crippen LogP contribution in [0.2, 0.25) is 0 Å². The van der Waals surface area contributed by atoms with Gasteiger partial charge in [-0.3, -0.25) is 0 Å². The van der Waals surface area contributed by atoms with Crippen molar-refractivity contribution in [2.75, 3.05) is 5.32 Å². The Morgan fingerprint density at radius 3 is 3.05 bits per heavy atom. The molecular formula is C16H21N5O. The zero-order chi connectivity index (χ0) is 15.4. The number of anilines is 1. The summed E-state index contributed by atoms with van der Waals surface area (Å²) in [5.74, 6) is 1.87. The van der Waals surface area contributed by atoms with E-state index in [9.17, 15) is 4.79 Å². The van der Waals surface area contributed by atoms with Gasteiger partial charge < -0.3 is 15.2 Å². The number of aryl methyl sites for hydroxylation is 2. The molecule has 0 bridgehead atoms. The van der Waals surface area contributed by atoms with Crippen LogP contribution in [-0.2, 0) is 19.5 Å². The summed E-state index contributed by atoms with van der Waals surface area (Å²) in [6.07, 6.45) is 4.51. The molecule has 1 aliphatic heterocycles. The fourth-order valence-electron chi connectivity index (χ4n) is 2.73. The van der Waals surface area contributed by atoms with E-state index in [-0.39, 0.29) is 6.03 Å². The molecule has 1 aromatic heterocycles. The standard InChI is InChI=1S/C16H21N5O/c1-12-6-5-7-13(10-12)18-16(22)17-11-15-20-19-14-8-3-2-4-9-21(14)15/h5-7,10H,2-4,8-9,11H2,1H3,(H2,17,18,22). The van der Waals surface area contributed by atoms with E-state index in [1.54, 1.807) is 0 Å². The lowest BCUT2D eigenvalue weighted by Crippen LogP contribution is -2.29. The van der Waals surface area contributed by atoms with Gasteiger partial charge in [-0.25, -0.2) is 4.79 Å². The van der Waals surface area contributed by atoms with Crippen LogP contribution in [0.5, 0.6) is 0 Å². The van der Waals surface area contributed by atoms with E-state index >= 15 is 0 Å². The van der Waals surface area contributed by atoms with Gasteiger partial charge in [-0.05, 0) is 37.5 Å². The fraction of sp³-hybridized carbons (Fsp3) is 0.438. The number of hydrogen-bond donors (Lipinski definition) is 2. The molecule has 2 heterocycles. The van der Waals surface area contributed by atoms with Crippen molar-refractivity contribution in [2.24, 2.45) is 0 Å². The average molecular weight is 299 g/mol. The van der Waals surface area contributed by atoms with Gasteiger partial charge in [0, 0.05) is 18.7 Å². The van der Waals surface area contributed by atoms with Crippen LogP contribution in [0.25, 0.3) is 0 Å². The molecule has 1 aliphatic rings. The minimum Gasteiger partial charge on any atom is -0.331 e. The molecule has 0 aliphatic carbocycles. The Balaban J connectivity index is 1.58. The van der Waals surface area contributed by atoms with Crippen LogP contribution in [0.15, 0.2) is 24.3 Å². The number of amides is 2. The van der Waals surface area contributed by atoms with Gasteiger partial charge in [0.25, 0.3) is 0 Å². The second-order valence-electron chi connectivity index (χ2n) is 5.67. The number of rotatable bonds is 3. The molecule has 0 saturated heterocycles. The molecule has 0 unspecified atom stereocenters. The predicted molar refractivity (Wildman–Crippen MR) is 84.6 cm³/mol. The van der Waals surface area contributed by atoms with E-state index in [1.807, 2.05) is 31.2 Å². The van der Waals surface area contributed by atoms with Crippen LogP contribution in [0.3, 0.4) is 0 Å². The van der Waals surface area contributed by atoms with Gasteiger partial charge in [-0.2, -0.15) is 0 Å². The Hall–Kier alpha value is -2.37.